The molecule has 2 fully saturated rings. The molecule has 1 aromatic carbocycles. The molecule has 3 amide bonds. The van der Waals surface area contributed by atoms with E-state index in [1.165, 1.54) is 5.56 Å². The number of ether oxygens (including phenoxy) is 1. The molecule has 2 saturated heterocycles. The van der Waals surface area contributed by atoms with E-state index in [1.807, 2.05) is 24.3 Å². The van der Waals surface area contributed by atoms with Crippen LogP contribution in [0.2, 0.25) is 0 Å². The zero-order valence-corrected chi connectivity index (χ0v) is 22.0. The fourth-order valence-electron chi connectivity index (χ4n) is 6.22. The number of hydrogen-bond donors (Lipinski definition) is 3. The molecule has 4 rings (SSSR count). The van der Waals surface area contributed by atoms with E-state index in [0.717, 1.165) is 24.8 Å². The van der Waals surface area contributed by atoms with Crippen molar-refractivity contribution >= 4 is 17.7 Å². The number of carbonyl (C=O) groups excluding carboxylic acids is 3. The highest BCUT2D eigenvalue weighted by Crippen LogP contribution is 2.48. The molecule has 37 heavy (non-hydrogen) atoms. The Morgan fingerprint density at radius 3 is 2.59 bits per heavy atom. The molecule has 1 aliphatic carbocycles. The number of aryl methyl sites for hydroxylation is 1. The Kier molecular flexibility index (Phi) is 8.49. The summed E-state index contributed by atoms with van der Waals surface area (Å²) < 4.78 is 6.16. The summed E-state index contributed by atoms with van der Waals surface area (Å²) in [6.45, 7) is 9.96. The molecule has 0 aromatic heterocycles. The maximum Gasteiger partial charge on any atom is 0.247 e. The quantitative estimate of drug-likeness (QED) is 0.446. The summed E-state index contributed by atoms with van der Waals surface area (Å²) in [4.78, 5) is 42.3. The van der Waals surface area contributed by atoms with Gasteiger partial charge in [0.1, 0.15) is 18.3 Å². The molecule has 0 saturated carbocycles. The first kappa shape index (κ1) is 27.1. The molecule has 200 valence electrons. The van der Waals surface area contributed by atoms with E-state index >= 15 is 0 Å². The molecule has 1 aromatic rings. The van der Waals surface area contributed by atoms with E-state index < -0.39 is 29.8 Å². The lowest BCUT2D eigenvalue weighted by molar-refractivity contribution is -0.150. The van der Waals surface area contributed by atoms with Crippen LogP contribution in [0.4, 0.5) is 0 Å². The molecule has 2 heterocycles. The van der Waals surface area contributed by atoms with Crippen molar-refractivity contribution in [2.75, 3.05) is 13.7 Å². The largest absolute Gasteiger partial charge is 0.358 e. The minimum atomic E-state index is -0.769. The van der Waals surface area contributed by atoms with Crippen molar-refractivity contribution in [1.82, 2.24) is 20.9 Å². The van der Waals surface area contributed by atoms with Crippen LogP contribution in [0.1, 0.15) is 62.6 Å². The number of nitrogens with zero attached hydrogens (tertiary/aromatic N) is 1. The standard InChI is InChI=1S/C29H40N4O4/c1-5-15-29(16-6-2)18-24-33(28(36)23(14-17-37-24)32-26(34)19(3)30-4)25(29)27(35)31-22-13-9-11-20-10-7-8-12-21(20)22/h5-8,10,12,19,22-25,30H,1-2,9,11,13-18H2,3-4H3,(H,31,35)(H,32,34)/t19-,22+,23-,24-,25?/m0/s1. The summed E-state index contributed by atoms with van der Waals surface area (Å²) in [7, 11) is 1.70. The third-order valence-electron chi connectivity index (χ3n) is 8.20. The average Bonchev–Trinajstić information content (AvgIpc) is 3.13. The molecule has 8 nitrogen and oxygen atoms in total. The molecule has 0 bridgehead atoms. The van der Waals surface area contributed by atoms with E-state index in [0.29, 0.717) is 32.3 Å². The first-order valence-electron chi connectivity index (χ1n) is 13.4. The van der Waals surface area contributed by atoms with E-state index in [2.05, 4.69) is 41.2 Å². The second kappa shape index (κ2) is 11.6. The molecule has 3 aliphatic rings. The predicted molar refractivity (Wildman–Crippen MR) is 142 cm³/mol. The Hall–Kier alpha value is -2.97. The van der Waals surface area contributed by atoms with Crippen LogP contribution in [-0.2, 0) is 25.5 Å². The number of rotatable bonds is 9. The summed E-state index contributed by atoms with van der Waals surface area (Å²) >= 11 is 0. The Bertz CT molecular complexity index is 1030. The number of nitrogens with one attached hydrogen (secondary N) is 3. The van der Waals surface area contributed by atoms with Gasteiger partial charge in [0.15, 0.2) is 0 Å². The van der Waals surface area contributed by atoms with Gasteiger partial charge in [0.25, 0.3) is 0 Å². The average molecular weight is 509 g/mol. The van der Waals surface area contributed by atoms with Gasteiger partial charge >= 0.3 is 0 Å². The molecular weight excluding hydrogens is 468 g/mol. The summed E-state index contributed by atoms with van der Waals surface area (Å²) in [6, 6.07) is 6.13. The van der Waals surface area contributed by atoms with Gasteiger partial charge in [-0.1, -0.05) is 36.4 Å². The molecule has 5 atom stereocenters. The lowest BCUT2D eigenvalue weighted by Gasteiger charge is -2.38. The number of carbonyl (C=O) groups is 3. The highest BCUT2D eigenvalue weighted by Gasteiger charge is 2.58. The van der Waals surface area contributed by atoms with Gasteiger partial charge in [-0.05, 0) is 57.2 Å². The van der Waals surface area contributed by atoms with E-state index in [9.17, 15) is 14.4 Å². The molecule has 0 spiro atoms. The van der Waals surface area contributed by atoms with E-state index in [-0.39, 0.29) is 23.8 Å². The summed E-state index contributed by atoms with van der Waals surface area (Å²) in [6.07, 6.45) is 7.84. The first-order valence-corrected chi connectivity index (χ1v) is 13.4. The van der Waals surface area contributed by atoms with Crippen LogP contribution in [0.5, 0.6) is 0 Å². The number of amides is 3. The highest BCUT2D eigenvalue weighted by atomic mass is 16.5. The van der Waals surface area contributed by atoms with Gasteiger partial charge in [0.2, 0.25) is 17.7 Å². The normalized spacial score (nSPS) is 27.3. The van der Waals surface area contributed by atoms with Gasteiger partial charge in [-0.25, -0.2) is 0 Å². The van der Waals surface area contributed by atoms with Crippen molar-refractivity contribution in [3.63, 3.8) is 0 Å². The molecule has 1 unspecified atom stereocenters. The van der Waals surface area contributed by atoms with Crippen LogP contribution in [0, 0.1) is 5.41 Å². The van der Waals surface area contributed by atoms with Crippen LogP contribution in [-0.4, -0.2) is 60.6 Å². The molecule has 8 heteroatoms. The maximum absolute atomic E-state index is 14.2. The van der Waals surface area contributed by atoms with Gasteiger partial charge in [-0.3, -0.25) is 14.4 Å². The molecule has 2 aliphatic heterocycles. The first-order chi connectivity index (χ1) is 17.8. The third-order valence-corrected chi connectivity index (χ3v) is 8.20. The Morgan fingerprint density at radius 1 is 1.16 bits per heavy atom. The predicted octanol–water partition coefficient (Wildman–Crippen LogP) is 2.76. The fraction of sp³-hybridized carbons (Fsp3) is 0.552. The van der Waals surface area contributed by atoms with Gasteiger partial charge in [0.05, 0.1) is 18.7 Å². The Labute approximate surface area is 219 Å². The molecular formula is C29H40N4O4. The summed E-state index contributed by atoms with van der Waals surface area (Å²) in [5.74, 6) is -0.736. The van der Waals surface area contributed by atoms with Gasteiger partial charge < -0.3 is 25.6 Å². The smallest absolute Gasteiger partial charge is 0.247 e. The van der Waals surface area contributed by atoms with Crippen LogP contribution < -0.4 is 16.0 Å². The van der Waals surface area contributed by atoms with Crippen LogP contribution in [0.25, 0.3) is 0 Å². The minimum absolute atomic E-state index is 0.114. The van der Waals surface area contributed by atoms with Gasteiger partial charge in [-0.15, -0.1) is 13.2 Å². The van der Waals surface area contributed by atoms with E-state index in [1.54, 1.807) is 18.9 Å². The second-order valence-corrected chi connectivity index (χ2v) is 10.5. The van der Waals surface area contributed by atoms with E-state index in [4.69, 9.17) is 4.74 Å². The fourth-order valence-corrected chi connectivity index (χ4v) is 6.22. The van der Waals surface area contributed by atoms with Gasteiger partial charge in [-0.2, -0.15) is 0 Å². The minimum Gasteiger partial charge on any atom is -0.358 e. The SMILES string of the molecule is C=CCC1(CC=C)C[C@@H]2OCC[C@H](NC(=O)[C@H](C)NC)C(=O)N2C1C(=O)N[C@@H]1CCCc2ccccc21. The number of fused-ring (bicyclic) bond motifs is 2. The summed E-state index contributed by atoms with van der Waals surface area (Å²) in [5.41, 5.74) is 1.80. The van der Waals surface area contributed by atoms with Crippen molar-refractivity contribution in [1.29, 1.82) is 0 Å². The van der Waals surface area contributed by atoms with Crippen LogP contribution >= 0.6 is 0 Å². The van der Waals surface area contributed by atoms with Crippen molar-refractivity contribution < 1.29 is 19.1 Å². The maximum atomic E-state index is 14.2. The lowest BCUT2D eigenvalue weighted by atomic mass is 9.73. The summed E-state index contributed by atoms with van der Waals surface area (Å²) in [5, 5.41) is 9.07. The van der Waals surface area contributed by atoms with Crippen molar-refractivity contribution in [2.24, 2.45) is 5.41 Å². The van der Waals surface area contributed by atoms with Crippen LogP contribution in [0.3, 0.4) is 0 Å². The highest BCUT2D eigenvalue weighted by molar-refractivity contribution is 5.94. The topological polar surface area (TPSA) is 99.8 Å². The number of likely N-dealkylation sites (N-methyl/N-ethyl adjacent to an activating group) is 1. The van der Waals surface area contributed by atoms with Crippen LogP contribution in [0.15, 0.2) is 49.6 Å². The molecule has 3 N–H and O–H groups in total. The number of allylic oxidation sites excluding steroid dienone is 2. The Balaban J connectivity index is 1.67. The zero-order valence-electron chi connectivity index (χ0n) is 22.0. The van der Waals surface area contributed by atoms with Crippen molar-refractivity contribution in [3.8, 4) is 0 Å². The second-order valence-electron chi connectivity index (χ2n) is 10.5. The number of hydrogen-bond acceptors (Lipinski definition) is 5. The van der Waals surface area contributed by atoms with Crippen molar-refractivity contribution in [2.45, 2.75) is 82.3 Å². The van der Waals surface area contributed by atoms with Crippen molar-refractivity contribution in [3.05, 3.63) is 60.7 Å². The number of benzene rings is 1. The third kappa shape index (κ3) is 5.36. The lowest BCUT2D eigenvalue weighted by Crippen LogP contribution is -2.59. The molecule has 0 radical (unpaired) electrons. The Morgan fingerprint density at radius 2 is 1.89 bits per heavy atom. The monoisotopic (exact) mass is 508 g/mol. The van der Waals surface area contributed by atoms with Gasteiger partial charge in [0, 0.05) is 18.3 Å². The zero-order chi connectivity index (χ0) is 26.6.